The quantitative estimate of drug-likeness (QED) is 0.377. The molecule has 31 heavy (non-hydrogen) atoms. The Morgan fingerprint density at radius 1 is 1.00 bits per heavy atom. The topological polar surface area (TPSA) is 64.6 Å². The highest BCUT2D eigenvalue weighted by Crippen LogP contribution is 2.33. The summed E-state index contributed by atoms with van der Waals surface area (Å²) in [6.07, 6.45) is 1.85. The van der Waals surface area contributed by atoms with Gasteiger partial charge in [-0.3, -0.25) is 4.99 Å². The monoisotopic (exact) mass is 427 g/mol. The van der Waals surface area contributed by atoms with Gasteiger partial charge in [-0.25, -0.2) is 0 Å². The predicted molar refractivity (Wildman–Crippen MR) is 122 cm³/mol. The van der Waals surface area contributed by atoms with Crippen molar-refractivity contribution in [3.8, 4) is 17.2 Å². The molecule has 0 atom stereocenters. The highest BCUT2D eigenvalue weighted by atomic mass is 16.5. The van der Waals surface area contributed by atoms with Gasteiger partial charge in [-0.1, -0.05) is 12.1 Å². The van der Waals surface area contributed by atoms with Crippen molar-refractivity contribution < 1.29 is 18.9 Å². The summed E-state index contributed by atoms with van der Waals surface area (Å²) in [6, 6.07) is 12.1. The van der Waals surface area contributed by atoms with E-state index in [0.717, 1.165) is 61.2 Å². The van der Waals surface area contributed by atoms with E-state index in [9.17, 15) is 0 Å². The van der Waals surface area contributed by atoms with Crippen molar-refractivity contribution in [2.45, 2.75) is 26.0 Å². The molecule has 0 bridgehead atoms. The SMILES string of the molecule is CN=C(NCCCOCc1ccc(OC)cc1)N1CCc2cc(OC)c(OC)cc2C1. The molecule has 3 rings (SSSR count). The molecule has 1 aliphatic heterocycles. The third-order valence-corrected chi connectivity index (χ3v) is 5.41. The maximum absolute atomic E-state index is 5.79. The number of methoxy groups -OCH3 is 3. The maximum atomic E-state index is 5.79. The van der Waals surface area contributed by atoms with Crippen LogP contribution in [0.4, 0.5) is 0 Å². The molecule has 0 radical (unpaired) electrons. The second-order valence-electron chi connectivity index (χ2n) is 7.38. The fourth-order valence-corrected chi connectivity index (χ4v) is 3.68. The smallest absolute Gasteiger partial charge is 0.193 e. The minimum absolute atomic E-state index is 0.604. The second-order valence-corrected chi connectivity index (χ2v) is 7.38. The van der Waals surface area contributed by atoms with Crippen LogP contribution in [-0.4, -0.2) is 58.9 Å². The van der Waals surface area contributed by atoms with Crippen molar-refractivity contribution in [1.82, 2.24) is 10.2 Å². The lowest BCUT2D eigenvalue weighted by molar-refractivity contribution is 0.119. The Morgan fingerprint density at radius 2 is 1.71 bits per heavy atom. The first-order chi connectivity index (χ1) is 15.2. The molecule has 168 valence electrons. The maximum Gasteiger partial charge on any atom is 0.193 e. The molecule has 0 amide bonds. The molecule has 0 aromatic heterocycles. The van der Waals surface area contributed by atoms with Crippen LogP contribution in [0.5, 0.6) is 17.2 Å². The van der Waals surface area contributed by atoms with Crippen LogP contribution in [0.2, 0.25) is 0 Å². The number of aliphatic imine (C=N–C) groups is 1. The molecule has 7 heteroatoms. The van der Waals surface area contributed by atoms with E-state index in [-0.39, 0.29) is 0 Å². The van der Waals surface area contributed by atoms with Crippen molar-refractivity contribution in [3.63, 3.8) is 0 Å². The van der Waals surface area contributed by atoms with Crippen LogP contribution in [0.1, 0.15) is 23.1 Å². The van der Waals surface area contributed by atoms with Crippen LogP contribution < -0.4 is 19.5 Å². The van der Waals surface area contributed by atoms with Crippen LogP contribution in [0.3, 0.4) is 0 Å². The van der Waals surface area contributed by atoms with Gasteiger partial charge in [0, 0.05) is 33.3 Å². The van der Waals surface area contributed by atoms with Gasteiger partial charge in [-0.2, -0.15) is 0 Å². The number of benzene rings is 2. The molecule has 1 N–H and O–H groups in total. The zero-order valence-corrected chi connectivity index (χ0v) is 18.9. The number of hydrogen-bond donors (Lipinski definition) is 1. The van der Waals surface area contributed by atoms with Gasteiger partial charge in [0.25, 0.3) is 0 Å². The fourth-order valence-electron chi connectivity index (χ4n) is 3.68. The Hall–Kier alpha value is -2.93. The van der Waals surface area contributed by atoms with E-state index in [0.29, 0.717) is 13.2 Å². The molecule has 0 unspecified atom stereocenters. The number of fused-ring (bicyclic) bond motifs is 1. The highest BCUT2D eigenvalue weighted by molar-refractivity contribution is 5.80. The minimum Gasteiger partial charge on any atom is -0.497 e. The Morgan fingerprint density at radius 3 is 2.35 bits per heavy atom. The van der Waals surface area contributed by atoms with E-state index in [1.807, 2.05) is 31.3 Å². The molecule has 7 nitrogen and oxygen atoms in total. The van der Waals surface area contributed by atoms with Crippen LogP contribution >= 0.6 is 0 Å². The van der Waals surface area contributed by atoms with Gasteiger partial charge in [0.1, 0.15) is 5.75 Å². The van der Waals surface area contributed by atoms with Crippen LogP contribution in [0.25, 0.3) is 0 Å². The number of guanidine groups is 1. The Labute approximate surface area is 185 Å². The summed E-state index contributed by atoms with van der Waals surface area (Å²) >= 11 is 0. The van der Waals surface area contributed by atoms with Gasteiger partial charge in [0.15, 0.2) is 17.5 Å². The average molecular weight is 428 g/mol. The molecule has 1 heterocycles. The summed E-state index contributed by atoms with van der Waals surface area (Å²) in [5.74, 6) is 3.32. The number of nitrogens with zero attached hydrogens (tertiary/aromatic N) is 2. The largest absolute Gasteiger partial charge is 0.497 e. The minimum atomic E-state index is 0.604. The third kappa shape index (κ3) is 6.04. The van der Waals surface area contributed by atoms with E-state index in [2.05, 4.69) is 27.3 Å². The lowest BCUT2D eigenvalue weighted by Gasteiger charge is -2.32. The van der Waals surface area contributed by atoms with Gasteiger partial charge in [-0.15, -0.1) is 0 Å². The Bertz CT molecular complexity index is 868. The van der Waals surface area contributed by atoms with Gasteiger partial charge in [-0.05, 0) is 53.8 Å². The first-order valence-corrected chi connectivity index (χ1v) is 10.6. The molecule has 0 saturated carbocycles. The van der Waals surface area contributed by atoms with Crippen LogP contribution in [-0.2, 0) is 24.3 Å². The average Bonchev–Trinajstić information content (AvgIpc) is 2.82. The fraction of sp³-hybridized carbons (Fsp3) is 0.458. The van der Waals surface area contributed by atoms with Crippen molar-refractivity contribution in [2.24, 2.45) is 4.99 Å². The molecule has 0 fully saturated rings. The Kier molecular flexibility index (Phi) is 8.41. The number of hydrogen-bond acceptors (Lipinski definition) is 5. The molecule has 1 aliphatic rings. The van der Waals surface area contributed by atoms with E-state index in [1.54, 1.807) is 21.3 Å². The van der Waals surface area contributed by atoms with Gasteiger partial charge in [0.05, 0.1) is 27.9 Å². The van der Waals surface area contributed by atoms with Crippen LogP contribution in [0, 0.1) is 0 Å². The summed E-state index contributed by atoms with van der Waals surface area (Å²) in [7, 11) is 6.84. The normalized spacial score (nSPS) is 13.5. The molecule has 0 spiro atoms. The first-order valence-electron chi connectivity index (χ1n) is 10.6. The standard InChI is InChI=1S/C24H33N3O4/c1-25-24(26-11-5-13-31-17-18-6-8-21(28-2)9-7-18)27-12-10-19-14-22(29-3)23(30-4)15-20(19)16-27/h6-9,14-15H,5,10-13,16-17H2,1-4H3,(H,25,26). The highest BCUT2D eigenvalue weighted by Gasteiger charge is 2.21. The zero-order chi connectivity index (χ0) is 22.1. The van der Waals surface area contributed by atoms with Crippen LogP contribution in [0.15, 0.2) is 41.4 Å². The lowest BCUT2D eigenvalue weighted by Crippen LogP contribution is -2.44. The third-order valence-electron chi connectivity index (χ3n) is 5.41. The summed E-state index contributed by atoms with van der Waals surface area (Å²) < 4.78 is 21.9. The predicted octanol–water partition coefficient (Wildman–Crippen LogP) is 3.25. The molecule has 0 aliphatic carbocycles. The van der Waals surface area contributed by atoms with Gasteiger partial charge in [0.2, 0.25) is 0 Å². The molecule has 0 saturated heterocycles. The molecule has 2 aromatic rings. The van der Waals surface area contributed by atoms with E-state index >= 15 is 0 Å². The number of ether oxygens (including phenoxy) is 4. The van der Waals surface area contributed by atoms with Gasteiger partial charge >= 0.3 is 0 Å². The van der Waals surface area contributed by atoms with Crippen molar-refractivity contribution in [1.29, 1.82) is 0 Å². The molecule has 2 aromatic carbocycles. The number of nitrogens with one attached hydrogen (secondary N) is 1. The van der Waals surface area contributed by atoms with Crippen molar-refractivity contribution in [2.75, 3.05) is 48.1 Å². The zero-order valence-electron chi connectivity index (χ0n) is 18.9. The second kappa shape index (κ2) is 11.5. The summed E-state index contributed by atoms with van der Waals surface area (Å²) in [6.45, 7) is 3.81. The van der Waals surface area contributed by atoms with Crippen molar-refractivity contribution in [3.05, 3.63) is 53.1 Å². The molecular weight excluding hydrogens is 394 g/mol. The van der Waals surface area contributed by atoms with E-state index in [1.165, 1.54) is 11.1 Å². The Balaban J connectivity index is 1.43. The number of rotatable bonds is 9. The summed E-state index contributed by atoms with van der Waals surface area (Å²) in [5.41, 5.74) is 3.69. The molecular formula is C24H33N3O4. The summed E-state index contributed by atoms with van der Waals surface area (Å²) in [4.78, 5) is 6.74. The summed E-state index contributed by atoms with van der Waals surface area (Å²) in [5, 5.41) is 3.46. The van der Waals surface area contributed by atoms with E-state index in [4.69, 9.17) is 18.9 Å². The van der Waals surface area contributed by atoms with E-state index < -0.39 is 0 Å². The first kappa shape index (κ1) is 22.7. The van der Waals surface area contributed by atoms with Crippen molar-refractivity contribution >= 4 is 5.96 Å². The lowest BCUT2D eigenvalue weighted by atomic mass is 9.99. The van der Waals surface area contributed by atoms with Gasteiger partial charge < -0.3 is 29.2 Å².